The zero-order valence-corrected chi connectivity index (χ0v) is 15.1. The molecule has 2 aliphatic carbocycles. The highest BCUT2D eigenvalue weighted by Crippen LogP contribution is 2.21. The highest BCUT2D eigenvalue weighted by molar-refractivity contribution is 6.05. The summed E-state index contributed by atoms with van der Waals surface area (Å²) in [6.45, 7) is 0. The summed E-state index contributed by atoms with van der Waals surface area (Å²) in [7, 11) is 0. The summed E-state index contributed by atoms with van der Waals surface area (Å²) in [5, 5.41) is 6.17. The molecule has 2 saturated carbocycles. The quantitative estimate of drug-likeness (QED) is 0.621. The van der Waals surface area contributed by atoms with Crippen LogP contribution in [0.1, 0.15) is 74.6 Å². The lowest BCUT2D eigenvalue weighted by Gasteiger charge is -2.26. The van der Waals surface area contributed by atoms with Gasteiger partial charge in [0.2, 0.25) is 0 Å². The third-order valence-electron chi connectivity index (χ3n) is 5.25. The number of nitrogens with zero attached hydrogens (tertiary/aromatic N) is 1. The van der Waals surface area contributed by atoms with Gasteiger partial charge in [-0.25, -0.2) is 13.8 Å². The van der Waals surface area contributed by atoms with Crippen LogP contribution in [-0.4, -0.2) is 24.0 Å². The Bertz CT molecular complexity index is 650. The Balaban J connectivity index is 1.71. The fraction of sp³-hybridized carbons (Fsp3) is 0.600. The Hall–Kier alpha value is -1.98. The molecular weight excluding hydrogens is 336 g/mol. The van der Waals surface area contributed by atoms with Gasteiger partial charge in [-0.15, -0.1) is 0 Å². The van der Waals surface area contributed by atoms with Gasteiger partial charge >= 0.3 is 0 Å². The molecular formula is C20H27F2N3O. The third-order valence-corrected chi connectivity index (χ3v) is 5.25. The molecule has 2 fully saturated rings. The second kappa shape index (κ2) is 9.10. The molecule has 2 aliphatic rings. The maximum atomic E-state index is 13.4. The number of rotatable bonds is 3. The summed E-state index contributed by atoms with van der Waals surface area (Å²) in [6.07, 6.45) is 11.3. The monoisotopic (exact) mass is 363 g/mol. The van der Waals surface area contributed by atoms with Crippen molar-refractivity contribution < 1.29 is 13.6 Å². The average Bonchev–Trinajstić information content (AvgIpc) is 2.65. The van der Waals surface area contributed by atoms with Crippen molar-refractivity contribution in [2.75, 3.05) is 0 Å². The van der Waals surface area contributed by atoms with Crippen molar-refractivity contribution >= 4 is 11.9 Å². The number of aliphatic imine (C=N–C) groups is 1. The van der Waals surface area contributed by atoms with E-state index in [1.165, 1.54) is 31.7 Å². The van der Waals surface area contributed by atoms with E-state index >= 15 is 0 Å². The molecule has 0 heterocycles. The fourth-order valence-electron chi connectivity index (χ4n) is 3.76. The number of hydrogen-bond donors (Lipinski definition) is 2. The van der Waals surface area contributed by atoms with E-state index in [2.05, 4.69) is 10.6 Å². The molecule has 1 aromatic rings. The Labute approximate surface area is 153 Å². The Morgan fingerprint density at radius 3 is 2.23 bits per heavy atom. The smallest absolute Gasteiger partial charge is 0.258 e. The number of carbonyl (C=O) groups excluding carboxylic acids is 1. The highest BCUT2D eigenvalue weighted by atomic mass is 19.2. The number of carbonyl (C=O) groups is 1. The largest absolute Gasteiger partial charge is 0.353 e. The van der Waals surface area contributed by atoms with Gasteiger partial charge in [-0.05, 0) is 43.9 Å². The van der Waals surface area contributed by atoms with Crippen molar-refractivity contribution in [3.63, 3.8) is 0 Å². The van der Waals surface area contributed by atoms with Gasteiger partial charge in [0.25, 0.3) is 5.91 Å². The van der Waals surface area contributed by atoms with E-state index in [0.29, 0.717) is 12.0 Å². The average molecular weight is 363 g/mol. The second-order valence-electron chi connectivity index (χ2n) is 7.33. The fourth-order valence-corrected chi connectivity index (χ4v) is 3.76. The summed E-state index contributed by atoms with van der Waals surface area (Å²) in [6, 6.07) is 3.68. The van der Waals surface area contributed by atoms with Crippen LogP contribution in [0.3, 0.4) is 0 Å². The molecule has 0 aliphatic heterocycles. The Kier molecular flexibility index (Phi) is 6.58. The number of halogens is 2. The van der Waals surface area contributed by atoms with Crippen molar-refractivity contribution in [3.8, 4) is 0 Å². The van der Waals surface area contributed by atoms with Crippen LogP contribution in [0.15, 0.2) is 23.2 Å². The predicted octanol–water partition coefficient (Wildman–Crippen LogP) is 4.31. The number of nitrogens with one attached hydrogen (secondary N) is 2. The van der Waals surface area contributed by atoms with Crippen LogP contribution in [-0.2, 0) is 0 Å². The SMILES string of the molecule is O=C(NC(=NC1CCCCC1)NC1CCCCC1)c1ccc(F)c(F)c1. The van der Waals surface area contributed by atoms with Crippen LogP contribution in [0.25, 0.3) is 0 Å². The van der Waals surface area contributed by atoms with Gasteiger partial charge in [-0.2, -0.15) is 0 Å². The van der Waals surface area contributed by atoms with Gasteiger partial charge in [0.15, 0.2) is 17.6 Å². The van der Waals surface area contributed by atoms with Crippen LogP contribution in [0.2, 0.25) is 0 Å². The van der Waals surface area contributed by atoms with Crippen molar-refractivity contribution in [3.05, 3.63) is 35.4 Å². The first-order chi connectivity index (χ1) is 12.6. The lowest BCUT2D eigenvalue weighted by Crippen LogP contribution is -2.47. The lowest BCUT2D eigenvalue weighted by atomic mass is 9.95. The Morgan fingerprint density at radius 1 is 0.923 bits per heavy atom. The molecule has 0 bridgehead atoms. The van der Waals surface area contributed by atoms with Gasteiger partial charge in [0.05, 0.1) is 6.04 Å². The molecule has 4 nitrogen and oxygen atoms in total. The minimum Gasteiger partial charge on any atom is -0.353 e. The lowest BCUT2D eigenvalue weighted by molar-refractivity contribution is 0.0974. The van der Waals surface area contributed by atoms with E-state index in [1.54, 1.807) is 0 Å². The van der Waals surface area contributed by atoms with Crippen LogP contribution in [0.5, 0.6) is 0 Å². The van der Waals surface area contributed by atoms with Gasteiger partial charge in [-0.1, -0.05) is 38.5 Å². The summed E-state index contributed by atoms with van der Waals surface area (Å²) in [5.41, 5.74) is 0.0886. The first-order valence-corrected chi connectivity index (χ1v) is 9.72. The molecule has 2 N–H and O–H groups in total. The zero-order valence-electron chi connectivity index (χ0n) is 15.1. The molecule has 3 rings (SSSR count). The van der Waals surface area contributed by atoms with Crippen molar-refractivity contribution in [2.45, 2.75) is 76.3 Å². The van der Waals surface area contributed by atoms with E-state index in [1.807, 2.05) is 0 Å². The van der Waals surface area contributed by atoms with Crippen molar-refractivity contribution in [2.24, 2.45) is 4.99 Å². The van der Waals surface area contributed by atoms with Crippen LogP contribution in [0.4, 0.5) is 8.78 Å². The molecule has 6 heteroatoms. The molecule has 0 aromatic heterocycles. The minimum absolute atomic E-state index is 0.0886. The van der Waals surface area contributed by atoms with Gasteiger partial charge in [0.1, 0.15) is 0 Å². The normalized spacial score (nSPS) is 20.0. The maximum Gasteiger partial charge on any atom is 0.258 e. The first-order valence-electron chi connectivity index (χ1n) is 9.72. The van der Waals surface area contributed by atoms with E-state index in [4.69, 9.17) is 4.99 Å². The van der Waals surface area contributed by atoms with Gasteiger partial charge < -0.3 is 5.32 Å². The summed E-state index contributed by atoms with van der Waals surface area (Å²) < 4.78 is 26.5. The third kappa shape index (κ3) is 5.26. The predicted molar refractivity (Wildman–Crippen MR) is 98.1 cm³/mol. The zero-order chi connectivity index (χ0) is 18.4. The highest BCUT2D eigenvalue weighted by Gasteiger charge is 2.20. The molecule has 1 amide bonds. The number of amides is 1. The molecule has 1 aromatic carbocycles. The molecule has 0 atom stereocenters. The van der Waals surface area contributed by atoms with Gasteiger partial charge in [-0.3, -0.25) is 10.1 Å². The minimum atomic E-state index is -1.02. The Morgan fingerprint density at radius 2 is 1.58 bits per heavy atom. The second-order valence-corrected chi connectivity index (χ2v) is 7.33. The number of hydrogen-bond acceptors (Lipinski definition) is 2. The molecule has 0 radical (unpaired) electrons. The van der Waals surface area contributed by atoms with Crippen LogP contribution < -0.4 is 10.6 Å². The number of guanidine groups is 1. The van der Waals surface area contributed by atoms with Crippen LogP contribution >= 0.6 is 0 Å². The first kappa shape index (κ1) is 18.8. The molecule has 0 unspecified atom stereocenters. The van der Waals surface area contributed by atoms with Crippen molar-refractivity contribution in [1.29, 1.82) is 0 Å². The van der Waals surface area contributed by atoms with E-state index in [9.17, 15) is 13.6 Å². The van der Waals surface area contributed by atoms with E-state index < -0.39 is 17.5 Å². The molecule has 0 saturated heterocycles. The molecule has 0 spiro atoms. The summed E-state index contributed by atoms with van der Waals surface area (Å²) in [5.74, 6) is -1.98. The molecule has 142 valence electrons. The standard InChI is InChI=1S/C20H27F2N3O/c21-17-12-11-14(13-18(17)22)19(26)25-20(23-15-7-3-1-4-8-15)24-16-9-5-2-6-10-16/h11-13,15-16H,1-10H2,(H2,23,24,25,26). The van der Waals surface area contributed by atoms with Crippen molar-refractivity contribution in [1.82, 2.24) is 10.6 Å². The van der Waals surface area contributed by atoms with E-state index in [-0.39, 0.29) is 11.6 Å². The number of benzene rings is 1. The summed E-state index contributed by atoms with van der Waals surface area (Å²) >= 11 is 0. The molecule has 26 heavy (non-hydrogen) atoms. The van der Waals surface area contributed by atoms with Gasteiger partial charge in [0, 0.05) is 11.6 Å². The summed E-state index contributed by atoms with van der Waals surface area (Å²) in [4.78, 5) is 17.2. The van der Waals surface area contributed by atoms with E-state index in [0.717, 1.165) is 50.7 Å². The maximum absolute atomic E-state index is 13.4. The van der Waals surface area contributed by atoms with Crippen LogP contribution in [0, 0.1) is 11.6 Å². The topological polar surface area (TPSA) is 53.5 Å².